The summed E-state index contributed by atoms with van der Waals surface area (Å²) < 4.78 is 0. The molecule has 36 heavy (non-hydrogen) atoms. The van der Waals surface area contributed by atoms with Crippen molar-refractivity contribution in [1.29, 1.82) is 0 Å². The second-order valence-corrected chi connectivity index (χ2v) is 10.8. The van der Waals surface area contributed by atoms with Crippen LogP contribution in [0.25, 0.3) is 0 Å². The molecule has 0 fully saturated rings. The van der Waals surface area contributed by atoms with Gasteiger partial charge in [-0.15, -0.1) is 0 Å². The van der Waals surface area contributed by atoms with E-state index in [1.807, 2.05) is 0 Å². The van der Waals surface area contributed by atoms with Gasteiger partial charge in [0.15, 0.2) is 0 Å². The fraction of sp³-hybridized carbons (Fsp3) is 0.875. The summed E-state index contributed by atoms with van der Waals surface area (Å²) in [6, 6.07) is 0. The predicted molar refractivity (Wildman–Crippen MR) is 154 cm³/mol. The largest absolute Gasteiger partial charge is 0.478 e. The van der Waals surface area contributed by atoms with Crippen molar-refractivity contribution in [3.8, 4) is 0 Å². The van der Waals surface area contributed by atoms with Crippen molar-refractivity contribution in [3.63, 3.8) is 0 Å². The number of rotatable bonds is 28. The fourth-order valence-corrected chi connectivity index (χ4v) is 5.06. The van der Waals surface area contributed by atoms with Crippen molar-refractivity contribution in [3.05, 3.63) is 11.1 Å². The van der Waals surface area contributed by atoms with Crippen LogP contribution in [-0.4, -0.2) is 22.2 Å². The van der Waals surface area contributed by atoms with E-state index in [-0.39, 0.29) is 11.1 Å². The fourth-order valence-electron chi connectivity index (χ4n) is 5.06. The van der Waals surface area contributed by atoms with Crippen LogP contribution < -0.4 is 0 Å². The first-order chi connectivity index (χ1) is 17.5. The van der Waals surface area contributed by atoms with Crippen LogP contribution in [0.1, 0.15) is 181 Å². The molecule has 0 aliphatic carbocycles. The number of carboxylic acids is 2. The van der Waals surface area contributed by atoms with Gasteiger partial charge in [-0.05, 0) is 25.7 Å². The molecule has 0 amide bonds. The number of carbonyl (C=O) groups is 2. The average Bonchev–Trinajstić information content (AvgIpc) is 2.85. The lowest BCUT2D eigenvalue weighted by Crippen LogP contribution is -2.12. The molecule has 212 valence electrons. The van der Waals surface area contributed by atoms with Gasteiger partial charge in [-0.25, -0.2) is 9.59 Å². The second-order valence-electron chi connectivity index (χ2n) is 10.8. The number of hydrogen-bond donors (Lipinski definition) is 2. The van der Waals surface area contributed by atoms with E-state index in [0.717, 1.165) is 38.5 Å². The summed E-state index contributed by atoms with van der Waals surface area (Å²) in [6.07, 6.45) is 30.2. The third-order valence-electron chi connectivity index (χ3n) is 7.44. The van der Waals surface area contributed by atoms with Crippen molar-refractivity contribution in [2.24, 2.45) is 0 Å². The Morgan fingerprint density at radius 2 is 0.556 bits per heavy atom. The van der Waals surface area contributed by atoms with Crippen molar-refractivity contribution < 1.29 is 19.8 Å². The Morgan fingerprint density at radius 3 is 0.750 bits per heavy atom. The van der Waals surface area contributed by atoms with Crippen LogP contribution in [0, 0.1) is 0 Å². The standard InChI is InChI=1S/C32H60O4/c1-3-5-7-9-11-13-15-17-19-21-23-25-27-29(31(33)34)30(32(35)36)28-26-24-22-20-18-16-14-12-10-8-6-4-2/h3-28H2,1-2H3,(H,33,34)(H,35,36)/b30-29-. The van der Waals surface area contributed by atoms with Crippen LogP contribution in [0.2, 0.25) is 0 Å². The molecule has 0 aromatic carbocycles. The van der Waals surface area contributed by atoms with Gasteiger partial charge in [0, 0.05) is 11.1 Å². The molecule has 0 unspecified atom stereocenters. The van der Waals surface area contributed by atoms with Gasteiger partial charge < -0.3 is 10.2 Å². The number of carboxylic acid groups (broad SMARTS) is 2. The van der Waals surface area contributed by atoms with E-state index in [4.69, 9.17) is 0 Å². The first kappa shape index (κ1) is 34.7. The third-order valence-corrected chi connectivity index (χ3v) is 7.44. The molecule has 0 spiro atoms. The molecule has 2 N–H and O–H groups in total. The van der Waals surface area contributed by atoms with Gasteiger partial charge in [0.05, 0.1) is 0 Å². The Kier molecular flexibility index (Phi) is 25.8. The SMILES string of the molecule is CCCCCCCCCCCCCC/C(C(=O)O)=C(\CCCCCCCCCCCCCC)C(=O)O. The highest BCUT2D eigenvalue weighted by Gasteiger charge is 2.19. The lowest BCUT2D eigenvalue weighted by molar-refractivity contribution is -0.136. The molecule has 0 bridgehead atoms. The van der Waals surface area contributed by atoms with E-state index in [1.165, 1.54) is 116 Å². The van der Waals surface area contributed by atoms with Crippen LogP contribution in [-0.2, 0) is 9.59 Å². The summed E-state index contributed by atoms with van der Waals surface area (Å²) in [6.45, 7) is 4.50. The van der Waals surface area contributed by atoms with Crippen LogP contribution in [0.3, 0.4) is 0 Å². The molecule has 0 saturated heterocycles. The van der Waals surface area contributed by atoms with Crippen LogP contribution >= 0.6 is 0 Å². The first-order valence-electron chi connectivity index (χ1n) is 15.7. The Labute approximate surface area is 223 Å². The maximum Gasteiger partial charge on any atom is 0.332 e. The molecule has 0 aliphatic rings. The van der Waals surface area contributed by atoms with Crippen molar-refractivity contribution >= 4 is 11.9 Å². The van der Waals surface area contributed by atoms with Gasteiger partial charge >= 0.3 is 11.9 Å². The minimum atomic E-state index is -1.05. The minimum absolute atomic E-state index is 0.137. The summed E-state index contributed by atoms with van der Waals surface area (Å²) in [7, 11) is 0. The molecule has 0 atom stereocenters. The summed E-state index contributed by atoms with van der Waals surface area (Å²) >= 11 is 0. The molecular weight excluding hydrogens is 448 g/mol. The van der Waals surface area contributed by atoms with Crippen molar-refractivity contribution in [1.82, 2.24) is 0 Å². The molecule has 0 aliphatic heterocycles. The highest BCUT2D eigenvalue weighted by Crippen LogP contribution is 2.21. The van der Waals surface area contributed by atoms with Crippen LogP contribution in [0.4, 0.5) is 0 Å². The molecule has 0 rings (SSSR count). The van der Waals surface area contributed by atoms with E-state index >= 15 is 0 Å². The molecule has 0 radical (unpaired) electrons. The molecule has 0 saturated carbocycles. The molecule has 0 aromatic rings. The van der Waals surface area contributed by atoms with E-state index in [2.05, 4.69) is 13.8 Å². The van der Waals surface area contributed by atoms with Crippen molar-refractivity contribution in [2.75, 3.05) is 0 Å². The van der Waals surface area contributed by atoms with E-state index in [1.54, 1.807) is 0 Å². The highest BCUT2D eigenvalue weighted by molar-refractivity contribution is 5.98. The summed E-state index contributed by atoms with van der Waals surface area (Å²) in [4.78, 5) is 23.6. The molecule has 4 heteroatoms. The maximum absolute atomic E-state index is 11.8. The highest BCUT2D eigenvalue weighted by atomic mass is 16.4. The average molecular weight is 509 g/mol. The van der Waals surface area contributed by atoms with Gasteiger partial charge in [-0.2, -0.15) is 0 Å². The number of hydrogen-bond acceptors (Lipinski definition) is 2. The smallest absolute Gasteiger partial charge is 0.332 e. The van der Waals surface area contributed by atoms with E-state index in [9.17, 15) is 19.8 Å². The zero-order valence-electron chi connectivity index (χ0n) is 24.1. The lowest BCUT2D eigenvalue weighted by atomic mass is 9.96. The van der Waals surface area contributed by atoms with Gasteiger partial charge in [-0.3, -0.25) is 0 Å². The Balaban J connectivity index is 4.00. The van der Waals surface area contributed by atoms with E-state index in [0.29, 0.717) is 12.8 Å². The quantitative estimate of drug-likeness (QED) is 0.0814. The maximum atomic E-state index is 11.8. The Hall–Kier alpha value is -1.32. The zero-order valence-corrected chi connectivity index (χ0v) is 24.1. The van der Waals surface area contributed by atoms with Gasteiger partial charge in [0.2, 0.25) is 0 Å². The second kappa shape index (κ2) is 26.7. The molecule has 4 nitrogen and oxygen atoms in total. The topological polar surface area (TPSA) is 74.6 Å². The van der Waals surface area contributed by atoms with Crippen LogP contribution in [0.15, 0.2) is 11.1 Å². The normalized spacial score (nSPS) is 12.1. The predicted octanol–water partition coefficient (Wildman–Crippen LogP) is 10.6. The Bertz CT molecular complexity index is 504. The summed E-state index contributed by atoms with van der Waals surface area (Å²) in [5.74, 6) is -2.09. The van der Waals surface area contributed by atoms with E-state index < -0.39 is 11.9 Å². The molecular formula is C32H60O4. The zero-order chi connectivity index (χ0) is 26.7. The van der Waals surface area contributed by atoms with Crippen molar-refractivity contribution in [2.45, 2.75) is 181 Å². The molecule has 0 aromatic heterocycles. The third kappa shape index (κ3) is 21.9. The van der Waals surface area contributed by atoms with Gasteiger partial charge in [-0.1, -0.05) is 155 Å². The summed E-state index contributed by atoms with van der Waals surface area (Å²) in [5.41, 5.74) is 0.273. The van der Waals surface area contributed by atoms with Gasteiger partial charge in [0.25, 0.3) is 0 Å². The Morgan fingerprint density at radius 1 is 0.361 bits per heavy atom. The summed E-state index contributed by atoms with van der Waals surface area (Å²) in [5, 5.41) is 19.3. The minimum Gasteiger partial charge on any atom is -0.478 e. The monoisotopic (exact) mass is 508 g/mol. The van der Waals surface area contributed by atoms with Crippen LogP contribution in [0.5, 0.6) is 0 Å². The number of aliphatic carboxylic acids is 2. The first-order valence-corrected chi connectivity index (χ1v) is 15.7. The van der Waals surface area contributed by atoms with Gasteiger partial charge in [0.1, 0.15) is 0 Å². The molecule has 0 heterocycles. The lowest BCUT2D eigenvalue weighted by Gasteiger charge is -2.10. The number of unbranched alkanes of at least 4 members (excludes halogenated alkanes) is 22.